The number of fused-ring (bicyclic) bond motifs is 2. The van der Waals surface area contributed by atoms with Gasteiger partial charge in [0.2, 0.25) is 0 Å². The quantitative estimate of drug-likeness (QED) is 0.592. The van der Waals surface area contributed by atoms with Gasteiger partial charge in [-0.25, -0.2) is 0 Å². The minimum Gasteiger partial charge on any atom is -0.0629 e. The first kappa shape index (κ1) is 14.0. The van der Waals surface area contributed by atoms with Crippen molar-refractivity contribution in [3.05, 3.63) is 0 Å². The molecule has 108 valence electrons. The van der Waals surface area contributed by atoms with Gasteiger partial charge in [0.05, 0.1) is 0 Å². The topological polar surface area (TPSA) is 0 Å². The van der Waals surface area contributed by atoms with Crippen molar-refractivity contribution in [3.63, 3.8) is 0 Å². The van der Waals surface area contributed by atoms with Crippen LogP contribution in [0.2, 0.25) is 5.31 Å². The summed E-state index contributed by atoms with van der Waals surface area (Å²) in [5.41, 5.74) is 0. The monoisotopic (exact) mass is 260 g/mol. The first-order valence-corrected chi connectivity index (χ1v) is 9.14. The van der Waals surface area contributed by atoms with Gasteiger partial charge < -0.3 is 0 Å². The Morgan fingerprint density at radius 3 is 1.84 bits per heavy atom. The van der Waals surface area contributed by atoms with E-state index in [1.165, 1.54) is 32.1 Å². The molecule has 5 unspecified atom stereocenters. The van der Waals surface area contributed by atoms with Crippen LogP contribution in [0.3, 0.4) is 0 Å². The van der Waals surface area contributed by atoms with Crippen molar-refractivity contribution in [2.24, 2.45) is 29.6 Å². The lowest BCUT2D eigenvalue weighted by Crippen LogP contribution is -2.48. The Bertz CT molecular complexity index is 311. The molecule has 0 bridgehead atoms. The minimum absolute atomic E-state index is 0.651. The molecule has 3 saturated carbocycles. The molecule has 0 amide bonds. The predicted octanol–water partition coefficient (Wildman–Crippen LogP) is 4.84. The van der Waals surface area contributed by atoms with E-state index in [0.717, 1.165) is 29.6 Å². The molecule has 0 radical (unpaired) electrons. The predicted molar refractivity (Wildman–Crippen MR) is 86.2 cm³/mol. The lowest BCUT2D eigenvalue weighted by molar-refractivity contribution is -0.00338. The molecule has 0 nitrogen and oxygen atoms in total. The van der Waals surface area contributed by atoms with Crippen LogP contribution in [0.25, 0.3) is 0 Å². The van der Waals surface area contributed by atoms with Crippen LogP contribution in [0.4, 0.5) is 0 Å². The molecule has 1 heteroatoms. The fourth-order valence-corrected chi connectivity index (χ4v) is 6.31. The second-order valence-electron chi connectivity index (χ2n) is 8.41. The molecule has 0 aromatic heterocycles. The highest BCUT2D eigenvalue weighted by Gasteiger charge is 2.53. The van der Waals surface area contributed by atoms with E-state index in [4.69, 9.17) is 0 Å². The van der Waals surface area contributed by atoms with E-state index in [1.807, 2.05) is 0 Å². The fourth-order valence-electron chi connectivity index (χ4n) is 6.31. The van der Waals surface area contributed by atoms with E-state index < -0.39 is 0 Å². The molecule has 0 N–H and O–H groups in total. The number of rotatable bonds is 1. The summed E-state index contributed by atoms with van der Waals surface area (Å²) in [5.74, 6) is 5.15. The normalized spacial score (nSPS) is 47.3. The van der Waals surface area contributed by atoms with Gasteiger partial charge in [-0.15, -0.1) is 0 Å². The van der Waals surface area contributed by atoms with Crippen LogP contribution in [0, 0.1) is 29.6 Å². The Kier molecular flexibility index (Phi) is 4.02. The van der Waals surface area contributed by atoms with Gasteiger partial charge in [-0.05, 0) is 36.0 Å². The second kappa shape index (κ2) is 5.45. The van der Waals surface area contributed by atoms with Crippen LogP contribution in [0.5, 0.6) is 0 Å². The zero-order chi connectivity index (χ0) is 13.5. The Morgan fingerprint density at radius 1 is 0.789 bits per heavy atom. The zero-order valence-electron chi connectivity index (χ0n) is 13.5. The molecule has 19 heavy (non-hydrogen) atoms. The maximum absolute atomic E-state index is 2.70. The van der Waals surface area contributed by atoms with Crippen molar-refractivity contribution in [1.82, 2.24) is 0 Å². The van der Waals surface area contributed by atoms with E-state index in [0.29, 0.717) is 5.31 Å². The van der Waals surface area contributed by atoms with Crippen LogP contribution in [0.1, 0.15) is 78.1 Å². The van der Waals surface area contributed by atoms with Crippen LogP contribution in [-0.4, -0.2) is 7.85 Å². The van der Waals surface area contributed by atoms with Gasteiger partial charge in [-0.1, -0.05) is 76.9 Å². The van der Waals surface area contributed by atoms with Crippen molar-refractivity contribution in [3.8, 4) is 0 Å². The summed E-state index contributed by atoms with van der Waals surface area (Å²) in [6.45, 7) is 5.05. The summed E-state index contributed by atoms with van der Waals surface area (Å²) < 4.78 is 0. The molecule has 0 aliphatic heterocycles. The van der Waals surface area contributed by atoms with Crippen molar-refractivity contribution in [1.29, 1.82) is 0 Å². The highest BCUT2D eigenvalue weighted by molar-refractivity contribution is 6.16. The fraction of sp³-hybridized carbons (Fsp3) is 1.00. The summed E-state index contributed by atoms with van der Waals surface area (Å²) in [6, 6.07) is 0. The number of hydrogen-bond donors (Lipinski definition) is 0. The molecule has 3 aliphatic rings. The third-order valence-corrected chi connectivity index (χ3v) is 7.52. The third kappa shape index (κ3) is 2.30. The Labute approximate surface area is 121 Å². The third-order valence-electron chi connectivity index (χ3n) is 7.52. The summed E-state index contributed by atoms with van der Waals surface area (Å²) in [5, 5.41) is 0.651. The molecule has 0 spiro atoms. The van der Waals surface area contributed by atoms with Crippen molar-refractivity contribution in [2.45, 2.75) is 83.4 Å². The van der Waals surface area contributed by atoms with E-state index in [-0.39, 0.29) is 0 Å². The maximum atomic E-state index is 2.70. The Balaban J connectivity index is 1.93. The minimum atomic E-state index is 0.651. The largest absolute Gasteiger partial charge is 0.110 e. The van der Waals surface area contributed by atoms with Crippen molar-refractivity contribution < 1.29 is 0 Å². The summed E-state index contributed by atoms with van der Waals surface area (Å²) in [4.78, 5) is 0. The standard InChI is InChI=1S/C18H33B/c1-13(2)18(19)16-10-5-3-4-8-14(16)12-15-9-6-7-11-17(15)18/h13-17H,3-12,19H2,1-2H3. The van der Waals surface area contributed by atoms with Gasteiger partial charge in [0.15, 0.2) is 0 Å². The molecule has 0 aromatic rings. The SMILES string of the molecule is BC1(C(C)C)C2CCCCCC2CC2CCCCC21. The molecular formula is C18H33B. The highest BCUT2D eigenvalue weighted by Crippen LogP contribution is 2.64. The van der Waals surface area contributed by atoms with Gasteiger partial charge in [0.25, 0.3) is 0 Å². The lowest BCUT2D eigenvalue weighted by Gasteiger charge is -2.59. The van der Waals surface area contributed by atoms with Crippen LogP contribution in [-0.2, 0) is 0 Å². The zero-order valence-corrected chi connectivity index (χ0v) is 13.5. The molecule has 0 aromatic carbocycles. The van der Waals surface area contributed by atoms with E-state index in [1.54, 1.807) is 32.1 Å². The summed E-state index contributed by atoms with van der Waals surface area (Å²) >= 11 is 0. The number of hydrogen-bond acceptors (Lipinski definition) is 0. The van der Waals surface area contributed by atoms with Crippen LogP contribution in [0.15, 0.2) is 0 Å². The first-order chi connectivity index (χ1) is 9.14. The Hall–Kier alpha value is 0.0649. The average Bonchev–Trinajstić information content (AvgIpc) is 2.64. The van der Waals surface area contributed by atoms with E-state index >= 15 is 0 Å². The molecule has 3 fully saturated rings. The van der Waals surface area contributed by atoms with Gasteiger partial charge in [0, 0.05) is 0 Å². The summed E-state index contributed by atoms with van der Waals surface area (Å²) in [6.07, 6.45) is 15.4. The van der Waals surface area contributed by atoms with Gasteiger partial charge in [-0.3, -0.25) is 0 Å². The molecule has 0 heterocycles. The maximum Gasteiger partial charge on any atom is 0.110 e. The molecule has 5 atom stereocenters. The van der Waals surface area contributed by atoms with Crippen LogP contribution < -0.4 is 0 Å². The summed E-state index contributed by atoms with van der Waals surface area (Å²) in [7, 11) is 2.70. The van der Waals surface area contributed by atoms with Gasteiger partial charge in [0.1, 0.15) is 7.85 Å². The van der Waals surface area contributed by atoms with Crippen molar-refractivity contribution >= 4 is 7.85 Å². The average molecular weight is 260 g/mol. The highest BCUT2D eigenvalue weighted by atomic mass is 14.6. The Morgan fingerprint density at radius 2 is 1.26 bits per heavy atom. The molecule has 0 saturated heterocycles. The van der Waals surface area contributed by atoms with Gasteiger partial charge in [-0.2, -0.15) is 0 Å². The second-order valence-corrected chi connectivity index (χ2v) is 8.41. The van der Waals surface area contributed by atoms with Crippen LogP contribution >= 0.6 is 0 Å². The van der Waals surface area contributed by atoms with E-state index in [9.17, 15) is 0 Å². The smallest absolute Gasteiger partial charge is 0.0629 e. The first-order valence-electron chi connectivity index (χ1n) is 9.14. The van der Waals surface area contributed by atoms with Gasteiger partial charge >= 0.3 is 0 Å². The van der Waals surface area contributed by atoms with E-state index in [2.05, 4.69) is 21.7 Å². The lowest BCUT2D eigenvalue weighted by atomic mass is 9.39. The molecular weight excluding hydrogens is 227 g/mol. The molecule has 3 aliphatic carbocycles. The molecule has 3 rings (SSSR count). The van der Waals surface area contributed by atoms with Crippen molar-refractivity contribution in [2.75, 3.05) is 0 Å².